The van der Waals surface area contributed by atoms with Gasteiger partial charge in [0.05, 0.1) is 11.4 Å². The van der Waals surface area contributed by atoms with Crippen molar-refractivity contribution in [2.24, 2.45) is 5.73 Å². The fraction of sp³-hybridized carbons (Fsp3) is 0.556. The van der Waals surface area contributed by atoms with Crippen molar-refractivity contribution >= 4 is 27.5 Å². The molecule has 2 rings (SSSR count). The molecule has 1 fully saturated rings. The number of likely N-dealkylation sites (tertiary alicyclic amines) is 1. The Hall–Kier alpha value is -1.97. The van der Waals surface area contributed by atoms with Crippen LogP contribution in [0.4, 0.5) is 5.69 Å². The molecule has 1 aliphatic rings. The highest BCUT2D eigenvalue weighted by molar-refractivity contribution is 7.89. The lowest BCUT2D eigenvalue weighted by Crippen LogP contribution is -2.54. The number of carbonyl (C=O) groups excluding carboxylic acids is 2. The van der Waals surface area contributed by atoms with Gasteiger partial charge in [-0.05, 0) is 50.5 Å². The topological polar surface area (TPSA) is 113 Å². The van der Waals surface area contributed by atoms with E-state index in [9.17, 15) is 18.0 Å². The number of sulfonamides is 1. The summed E-state index contributed by atoms with van der Waals surface area (Å²) in [7, 11) is -2.43. The second kappa shape index (κ2) is 8.81. The summed E-state index contributed by atoms with van der Waals surface area (Å²) in [5.74, 6) is -0.475. The number of benzene rings is 1. The molecule has 0 radical (unpaired) electrons. The van der Waals surface area contributed by atoms with Crippen LogP contribution in [0.25, 0.3) is 0 Å². The van der Waals surface area contributed by atoms with E-state index in [2.05, 4.69) is 5.32 Å². The van der Waals surface area contributed by atoms with E-state index in [0.29, 0.717) is 12.2 Å². The van der Waals surface area contributed by atoms with Crippen molar-refractivity contribution in [1.29, 1.82) is 0 Å². The number of carbonyl (C=O) groups is 2. The van der Waals surface area contributed by atoms with Crippen LogP contribution in [-0.4, -0.2) is 61.7 Å². The monoisotopic (exact) mass is 396 g/mol. The zero-order valence-corrected chi connectivity index (χ0v) is 16.8. The minimum Gasteiger partial charge on any atom is -0.337 e. The molecular weight excluding hydrogens is 368 g/mol. The van der Waals surface area contributed by atoms with Crippen molar-refractivity contribution in [2.75, 3.05) is 25.5 Å². The van der Waals surface area contributed by atoms with Crippen LogP contribution in [0, 0.1) is 0 Å². The number of nitrogens with zero attached hydrogens (tertiary/aromatic N) is 2. The second-order valence-electron chi connectivity index (χ2n) is 6.98. The molecule has 2 amide bonds. The van der Waals surface area contributed by atoms with Gasteiger partial charge in [-0.1, -0.05) is 0 Å². The van der Waals surface area contributed by atoms with E-state index in [4.69, 9.17) is 5.73 Å². The molecule has 0 spiro atoms. The number of hydrogen-bond acceptors (Lipinski definition) is 5. The second-order valence-corrected chi connectivity index (χ2v) is 9.02. The van der Waals surface area contributed by atoms with Crippen molar-refractivity contribution in [3.63, 3.8) is 0 Å². The molecule has 2 atom stereocenters. The third-order valence-corrected chi connectivity index (χ3v) is 6.53. The number of nitrogens with two attached hydrogens (primary N) is 1. The Bertz CT molecular complexity index is 777. The standard InChI is InChI=1S/C18H28N4O4S/c1-13(19)17-6-4-5-11-22(17)18(24)12-21(3)27(25,26)16-9-7-15(8-10-16)20-14(2)23/h7-10,13,17H,4-6,11-12,19H2,1-3H3,(H,20,23). The van der Waals surface area contributed by atoms with Gasteiger partial charge >= 0.3 is 0 Å². The van der Waals surface area contributed by atoms with Crippen LogP contribution in [-0.2, 0) is 19.6 Å². The van der Waals surface area contributed by atoms with E-state index in [1.54, 1.807) is 4.90 Å². The quantitative estimate of drug-likeness (QED) is 0.745. The molecule has 3 N–H and O–H groups in total. The van der Waals surface area contributed by atoms with Gasteiger partial charge in [-0.15, -0.1) is 0 Å². The van der Waals surface area contributed by atoms with Gasteiger partial charge in [0.2, 0.25) is 21.8 Å². The SMILES string of the molecule is CC(=O)Nc1ccc(S(=O)(=O)N(C)CC(=O)N2CCCCC2C(C)N)cc1. The summed E-state index contributed by atoms with van der Waals surface area (Å²) < 4.78 is 26.5. The summed E-state index contributed by atoms with van der Waals surface area (Å²) in [6, 6.07) is 5.64. The Kier molecular flexibility index (Phi) is 6.96. The molecule has 0 aromatic heterocycles. The first-order chi connectivity index (χ1) is 12.6. The van der Waals surface area contributed by atoms with Gasteiger partial charge in [0.15, 0.2) is 0 Å². The van der Waals surface area contributed by atoms with Crippen molar-refractivity contribution in [3.8, 4) is 0 Å². The zero-order chi connectivity index (χ0) is 20.2. The first-order valence-electron chi connectivity index (χ1n) is 9.02. The number of amides is 2. The van der Waals surface area contributed by atoms with E-state index < -0.39 is 10.0 Å². The number of hydrogen-bond donors (Lipinski definition) is 2. The molecule has 0 aliphatic carbocycles. The number of rotatable bonds is 6. The van der Waals surface area contributed by atoms with Crippen molar-refractivity contribution in [2.45, 2.75) is 50.1 Å². The van der Waals surface area contributed by atoms with Crippen LogP contribution in [0.5, 0.6) is 0 Å². The summed E-state index contributed by atoms with van der Waals surface area (Å²) >= 11 is 0. The van der Waals surface area contributed by atoms with Gasteiger partial charge in [0.25, 0.3) is 0 Å². The third kappa shape index (κ3) is 5.27. The van der Waals surface area contributed by atoms with Gasteiger partial charge in [-0.25, -0.2) is 8.42 Å². The summed E-state index contributed by atoms with van der Waals surface area (Å²) in [5.41, 5.74) is 6.50. The molecule has 27 heavy (non-hydrogen) atoms. The van der Waals surface area contributed by atoms with E-state index in [1.165, 1.54) is 38.2 Å². The highest BCUT2D eigenvalue weighted by Gasteiger charge is 2.31. The molecule has 2 unspecified atom stereocenters. The third-order valence-electron chi connectivity index (χ3n) is 4.72. The first kappa shape index (κ1) is 21.3. The molecule has 150 valence electrons. The largest absolute Gasteiger partial charge is 0.337 e. The lowest BCUT2D eigenvalue weighted by atomic mass is 9.97. The molecule has 1 heterocycles. The summed E-state index contributed by atoms with van der Waals surface area (Å²) in [4.78, 5) is 25.5. The van der Waals surface area contributed by atoms with Gasteiger partial charge in [-0.2, -0.15) is 4.31 Å². The predicted octanol–water partition coefficient (Wildman–Crippen LogP) is 0.994. The zero-order valence-electron chi connectivity index (χ0n) is 16.0. The van der Waals surface area contributed by atoms with Gasteiger partial charge in [0.1, 0.15) is 0 Å². The Morgan fingerprint density at radius 3 is 2.48 bits per heavy atom. The molecular formula is C18H28N4O4S. The van der Waals surface area contributed by atoms with E-state index in [-0.39, 0.29) is 35.3 Å². The van der Waals surface area contributed by atoms with E-state index in [0.717, 1.165) is 23.6 Å². The Balaban J connectivity index is 2.09. The molecule has 9 heteroatoms. The van der Waals surface area contributed by atoms with Crippen LogP contribution in [0.3, 0.4) is 0 Å². The summed E-state index contributed by atoms with van der Waals surface area (Å²) in [6.07, 6.45) is 2.76. The van der Waals surface area contributed by atoms with E-state index in [1.807, 2.05) is 6.92 Å². The van der Waals surface area contributed by atoms with Crippen molar-refractivity contribution in [1.82, 2.24) is 9.21 Å². The highest BCUT2D eigenvalue weighted by Crippen LogP contribution is 2.21. The lowest BCUT2D eigenvalue weighted by molar-refractivity contribution is -0.135. The van der Waals surface area contributed by atoms with Crippen LogP contribution < -0.4 is 11.1 Å². The van der Waals surface area contributed by atoms with Gasteiger partial charge in [-0.3, -0.25) is 9.59 Å². The normalized spacial score (nSPS) is 19.0. The molecule has 0 bridgehead atoms. The maximum atomic E-state index is 12.7. The minimum atomic E-state index is -3.81. The highest BCUT2D eigenvalue weighted by atomic mass is 32.2. The molecule has 1 aromatic carbocycles. The fourth-order valence-corrected chi connectivity index (χ4v) is 4.39. The molecule has 1 aliphatic heterocycles. The Morgan fingerprint density at radius 2 is 1.93 bits per heavy atom. The molecule has 8 nitrogen and oxygen atoms in total. The molecule has 1 aromatic rings. The van der Waals surface area contributed by atoms with Crippen LogP contribution in [0.2, 0.25) is 0 Å². The maximum absolute atomic E-state index is 12.7. The predicted molar refractivity (Wildman–Crippen MR) is 104 cm³/mol. The molecule has 0 saturated carbocycles. The molecule has 1 saturated heterocycles. The Morgan fingerprint density at radius 1 is 1.30 bits per heavy atom. The fourth-order valence-electron chi connectivity index (χ4n) is 3.27. The number of nitrogens with one attached hydrogen (secondary N) is 1. The smallest absolute Gasteiger partial charge is 0.243 e. The number of anilines is 1. The minimum absolute atomic E-state index is 0.0562. The average Bonchev–Trinajstić information content (AvgIpc) is 2.61. The van der Waals surface area contributed by atoms with E-state index >= 15 is 0 Å². The van der Waals surface area contributed by atoms with Crippen molar-refractivity contribution in [3.05, 3.63) is 24.3 Å². The Labute approximate surface area is 160 Å². The van der Waals surface area contributed by atoms with Crippen LogP contribution in [0.1, 0.15) is 33.1 Å². The summed E-state index contributed by atoms with van der Waals surface area (Å²) in [6.45, 7) is 3.61. The first-order valence-corrected chi connectivity index (χ1v) is 10.5. The van der Waals surface area contributed by atoms with Crippen molar-refractivity contribution < 1.29 is 18.0 Å². The van der Waals surface area contributed by atoms with Crippen LogP contribution in [0.15, 0.2) is 29.2 Å². The van der Waals surface area contributed by atoms with Gasteiger partial charge < -0.3 is 16.0 Å². The van der Waals surface area contributed by atoms with Crippen LogP contribution >= 0.6 is 0 Å². The summed E-state index contributed by atoms with van der Waals surface area (Å²) in [5, 5.41) is 2.58. The number of likely N-dealkylation sites (N-methyl/N-ethyl adjacent to an activating group) is 1. The van der Waals surface area contributed by atoms with Gasteiger partial charge in [0, 0.05) is 38.3 Å². The lowest BCUT2D eigenvalue weighted by Gasteiger charge is -2.38. The number of piperidine rings is 1. The maximum Gasteiger partial charge on any atom is 0.243 e. The average molecular weight is 397 g/mol.